The molecule has 0 amide bonds. The highest BCUT2D eigenvalue weighted by Gasteiger charge is 2.08. The number of esters is 1. The van der Waals surface area contributed by atoms with E-state index in [1.165, 1.54) is 5.57 Å². The Morgan fingerprint density at radius 2 is 2.07 bits per heavy atom. The largest absolute Gasteiger partial charge is 0.466 e. The number of hydrogen-bond acceptors (Lipinski definition) is 2. The van der Waals surface area contributed by atoms with E-state index in [4.69, 9.17) is 4.74 Å². The molecule has 0 radical (unpaired) electrons. The monoisotopic (exact) mass is 198 g/mol. The van der Waals surface area contributed by atoms with Crippen LogP contribution in [0.5, 0.6) is 0 Å². The van der Waals surface area contributed by atoms with Crippen LogP contribution in [0.15, 0.2) is 11.6 Å². The van der Waals surface area contributed by atoms with Crippen molar-refractivity contribution in [2.24, 2.45) is 5.92 Å². The summed E-state index contributed by atoms with van der Waals surface area (Å²) in [4.78, 5) is 11.1. The molecule has 0 saturated heterocycles. The molecule has 0 spiro atoms. The van der Waals surface area contributed by atoms with Gasteiger partial charge in [0.15, 0.2) is 0 Å². The summed E-state index contributed by atoms with van der Waals surface area (Å²) in [6, 6.07) is 0. The Kier molecular flexibility index (Phi) is 7.17. The van der Waals surface area contributed by atoms with Crippen molar-refractivity contribution in [1.82, 2.24) is 0 Å². The molecule has 0 aliphatic rings. The first-order chi connectivity index (χ1) is 6.56. The van der Waals surface area contributed by atoms with Crippen LogP contribution >= 0.6 is 0 Å². The van der Waals surface area contributed by atoms with Gasteiger partial charge in [-0.2, -0.15) is 0 Å². The summed E-state index contributed by atoms with van der Waals surface area (Å²) < 4.78 is 4.89. The molecule has 0 fully saturated rings. The van der Waals surface area contributed by atoms with E-state index >= 15 is 0 Å². The van der Waals surface area contributed by atoms with Gasteiger partial charge in [-0.15, -0.1) is 0 Å². The SMILES string of the molecule is CCOC(=O)C[C@H](C)CCC=C(C)C. The van der Waals surface area contributed by atoms with Gasteiger partial charge in [-0.05, 0) is 39.5 Å². The summed E-state index contributed by atoms with van der Waals surface area (Å²) in [7, 11) is 0. The fraction of sp³-hybridized carbons (Fsp3) is 0.750. The highest BCUT2D eigenvalue weighted by Crippen LogP contribution is 2.12. The van der Waals surface area contributed by atoms with Crippen LogP contribution in [0.4, 0.5) is 0 Å². The van der Waals surface area contributed by atoms with Gasteiger partial charge in [0, 0.05) is 6.42 Å². The van der Waals surface area contributed by atoms with E-state index in [2.05, 4.69) is 26.8 Å². The van der Waals surface area contributed by atoms with Crippen LogP contribution in [0.2, 0.25) is 0 Å². The fourth-order valence-corrected chi connectivity index (χ4v) is 1.26. The molecule has 1 atom stereocenters. The van der Waals surface area contributed by atoms with Gasteiger partial charge in [-0.25, -0.2) is 0 Å². The van der Waals surface area contributed by atoms with Crippen molar-refractivity contribution in [3.63, 3.8) is 0 Å². The maximum Gasteiger partial charge on any atom is 0.306 e. The predicted molar refractivity (Wildman–Crippen MR) is 59.1 cm³/mol. The zero-order valence-corrected chi connectivity index (χ0v) is 9.80. The quantitative estimate of drug-likeness (QED) is 0.483. The summed E-state index contributed by atoms with van der Waals surface area (Å²) in [6.45, 7) is 8.60. The molecular formula is C12H22O2. The molecule has 0 rings (SSSR count). The highest BCUT2D eigenvalue weighted by atomic mass is 16.5. The van der Waals surface area contributed by atoms with E-state index in [0.29, 0.717) is 18.9 Å². The molecule has 0 bridgehead atoms. The van der Waals surface area contributed by atoms with Gasteiger partial charge < -0.3 is 4.74 Å². The Balaban J connectivity index is 3.59. The van der Waals surface area contributed by atoms with Crippen molar-refractivity contribution in [3.05, 3.63) is 11.6 Å². The third-order valence-electron chi connectivity index (χ3n) is 2.03. The topological polar surface area (TPSA) is 26.3 Å². The molecular weight excluding hydrogens is 176 g/mol. The summed E-state index contributed by atoms with van der Waals surface area (Å²) >= 11 is 0. The van der Waals surface area contributed by atoms with Crippen LogP contribution in [-0.2, 0) is 9.53 Å². The Hall–Kier alpha value is -0.790. The molecule has 0 unspecified atom stereocenters. The maximum atomic E-state index is 11.1. The Morgan fingerprint density at radius 1 is 1.43 bits per heavy atom. The van der Waals surface area contributed by atoms with Crippen molar-refractivity contribution < 1.29 is 9.53 Å². The molecule has 0 aliphatic heterocycles. The first-order valence-electron chi connectivity index (χ1n) is 5.35. The van der Waals surface area contributed by atoms with Gasteiger partial charge in [0.05, 0.1) is 6.61 Å². The van der Waals surface area contributed by atoms with Gasteiger partial charge in [-0.3, -0.25) is 4.79 Å². The van der Waals surface area contributed by atoms with Gasteiger partial charge in [0.2, 0.25) is 0 Å². The number of hydrogen-bond donors (Lipinski definition) is 0. The number of carbonyl (C=O) groups excluding carboxylic acids is 1. The second-order valence-electron chi connectivity index (χ2n) is 3.97. The van der Waals surface area contributed by atoms with E-state index in [0.717, 1.165) is 12.8 Å². The summed E-state index contributed by atoms with van der Waals surface area (Å²) in [6.07, 6.45) is 4.87. The lowest BCUT2D eigenvalue weighted by atomic mass is 10.0. The highest BCUT2D eigenvalue weighted by molar-refractivity contribution is 5.69. The second-order valence-corrected chi connectivity index (χ2v) is 3.97. The lowest BCUT2D eigenvalue weighted by Gasteiger charge is -2.08. The van der Waals surface area contributed by atoms with Crippen LogP contribution in [-0.4, -0.2) is 12.6 Å². The van der Waals surface area contributed by atoms with E-state index in [1.807, 2.05) is 6.92 Å². The molecule has 82 valence electrons. The average Bonchev–Trinajstić information content (AvgIpc) is 2.03. The van der Waals surface area contributed by atoms with Gasteiger partial charge in [0.1, 0.15) is 0 Å². The normalized spacial score (nSPS) is 12.0. The van der Waals surface area contributed by atoms with Gasteiger partial charge in [0.25, 0.3) is 0 Å². The van der Waals surface area contributed by atoms with Crippen LogP contribution in [0.1, 0.15) is 47.0 Å². The minimum atomic E-state index is -0.0720. The number of ether oxygens (including phenoxy) is 1. The molecule has 2 nitrogen and oxygen atoms in total. The summed E-state index contributed by atoms with van der Waals surface area (Å²) in [5.41, 5.74) is 1.34. The molecule has 0 N–H and O–H groups in total. The van der Waals surface area contributed by atoms with Gasteiger partial charge >= 0.3 is 5.97 Å². The van der Waals surface area contributed by atoms with Gasteiger partial charge in [-0.1, -0.05) is 18.6 Å². The van der Waals surface area contributed by atoms with Crippen LogP contribution in [0.25, 0.3) is 0 Å². The van der Waals surface area contributed by atoms with E-state index in [9.17, 15) is 4.79 Å². The molecule has 14 heavy (non-hydrogen) atoms. The van der Waals surface area contributed by atoms with E-state index in [-0.39, 0.29) is 5.97 Å². The zero-order valence-electron chi connectivity index (χ0n) is 9.80. The van der Waals surface area contributed by atoms with Crippen LogP contribution in [0, 0.1) is 5.92 Å². The number of allylic oxidation sites excluding steroid dienone is 2. The lowest BCUT2D eigenvalue weighted by molar-refractivity contribution is -0.144. The molecule has 0 aliphatic carbocycles. The number of rotatable bonds is 6. The summed E-state index contributed by atoms with van der Waals surface area (Å²) in [5, 5.41) is 0. The molecule has 2 heteroatoms. The third kappa shape index (κ3) is 7.84. The van der Waals surface area contributed by atoms with Crippen LogP contribution < -0.4 is 0 Å². The summed E-state index contributed by atoms with van der Waals surface area (Å²) in [5.74, 6) is 0.349. The predicted octanol–water partition coefficient (Wildman–Crippen LogP) is 3.32. The number of carbonyl (C=O) groups is 1. The lowest BCUT2D eigenvalue weighted by Crippen LogP contribution is -2.09. The molecule has 0 saturated carbocycles. The van der Waals surface area contributed by atoms with Crippen molar-refractivity contribution in [2.75, 3.05) is 6.61 Å². The average molecular weight is 198 g/mol. The van der Waals surface area contributed by atoms with E-state index < -0.39 is 0 Å². The Morgan fingerprint density at radius 3 is 2.57 bits per heavy atom. The zero-order chi connectivity index (χ0) is 11.0. The smallest absolute Gasteiger partial charge is 0.306 e. The molecule has 0 heterocycles. The van der Waals surface area contributed by atoms with Crippen molar-refractivity contribution in [1.29, 1.82) is 0 Å². The van der Waals surface area contributed by atoms with Crippen LogP contribution in [0.3, 0.4) is 0 Å². The Labute approximate surface area is 87.3 Å². The molecule has 0 aromatic rings. The van der Waals surface area contributed by atoms with Crippen molar-refractivity contribution in [3.8, 4) is 0 Å². The molecule has 0 aromatic carbocycles. The van der Waals surface area contributed by atoms with Crippen molar-refractivity contribution >= 4 is 5.97 Å². The minimum Gasteiger partial charge on any atom is -0.466 e. The first kappa shape index (κ1) is 13.2. The Bertz CT molecular complexity index is 190. The standard InChI is InChI=1S/C12H22O2/c1-5-14-12(13)9-11(4)8-6-7-10(2)3/h7,11H,5-6,8-9H2,1-4H3/t11-/m1/s1. The van der Waals surface area contributed by atoms with E-state index in [1.54, 1.807) is 0 Å². The van der Waals surface area contributed by atoms with Crippen molar-refractivity contribution in [2.45, 2.75) is 47.0 Å². The molecule has 0 aromatic heterocycles. The maximum absolute atomic E-state index is 11.1. The second kappa shape index (κ2) is 7.60. The fourth-order valence-electron chi connectivity index (χ4n) is 1.26. The third-order valence-corrected chi connectivity index (χ3v) is 2.03. The first-order valence-corrected chi connectivity index (χ1v) is 5.35. The minimum absolute atomic E-state index is 0.0720.